The Kier molecular flexibility index (Phi) is 5.77. The second-order valence-corrected chi connectivity index (χ2v) is 6.81. The summed E-state index contributed by atoms with van der Waals surface area (Å²) in [6, 6.07) is 13.1. The van der Waals surface area contributed by atoms with E-state index in [9.17, 15) is 18.4 Å². The van der Waals surface area contributed by atoms with Crippen LogP contribution in [-0.4, -0.2) is 34.9 Å². The standard InChI is InChI=1S/C22H21F2N3O2/c1-14-12-20(15(2)27(14)19-10-6-17(24)7-11-19)22(29)26(3)13-21(28)25-18-8-4-16(23)5-9-18/h4-12H,13H2,1-3H3,(H,25,28). The minimum atomic E-state index is -0.396. The number of halogens is 2. The summed E-state index contributed by atoms with van der Waals surface area (Å²) in [5.41, 5.74) is 3.18. The van der Waals surface area contributed by atoms with Gasteiger partial charge in [0.05, 0.1) is 12.1 Å². The van der Waals surface area contributed by atoms with Gasteiger partial charge in [-0.05, 0) is 68.4 Å². The average Bonchev–Trinajstić information content (AvgIpc) is 2.98. The molecule has 150 valence electrons. The van der Waals surface area contributed by atoms with E-state index in [0.717, 1.165) is 11.4 Å². The fourth-order valence-electron chi connectivity index (χ4n) is 3.19. The van der Waals surface area contributed by atoms with E-state index in [-0.39, 0.29) is 24.2 Å². The van der Waals surface area contributed by atoms with Crippen LogP contribution < -0.4 is 5.32 Å². The molecule has 3 aromatic rings. The highest BCUT2D eigenvalue weighted by molar-refractivity contribution is 6.00. The molecular formula is C22H21F2N3O2. The minimum absolute atomic E-state index is 0.156. The molecular weight excluding hydrogens is 376 g/mol. The third kappa shape index (κ3) is 4.51. The zero-order valence-corrected chi connectivity index (χ0v) is 16.4. The fourth-order valence-corrected chi connectivity index (χ4v) is 3.19. The maximum Gasteiger partial charge on any atom is 0.255 e. The Labute approximate surface area is 167 Å². The van der Waals surface area contributed by atoms with Crippen molar-refractivity contribution < 1.29 is 18.4 Å². The third-order valence-corrected chi connectivity index (χ3v) is 4.60. The van der Waals surface area contributed by atoms with Crippen LogP contribution in [0.3, 0.4) is 0 Å². The Balaban J connectivity index is 1.74. The van der Waals surface area contributed by atoms with Crippen molar-refractivity contribution in [2.75, 3.05) is 18.9 Å². The lowest BCUT2D eigenvalue weighted by atomic mass is 10.2. The van der Waals surface area contributed by atoms with Crippen molar-refractivity contribution in [3.63, 3.8) is 0 Å². The van der Waals surface area contributed by atoms with Gasteiger partial charge in [0.1, 0.15) is 11.6 Å². The number of carbonyl (C=O) groups excluding carboxylic acids is 2. The normalized spacial score (nSPS) is 10.7. The Bertz CT molecular complexity index is 1040. The lowest BCUT2D eigenvalue weighted by molar-refractivity contribution is -0.116. The Morgan fingerprint density at radius 1 is 0.966 bits per heavy atom. The topological polar surface area (TPSA) is 54.3 Å². The van der Waals surface area contributed by atoms with Crippen molar-refractivity contribution in [2.45, 2.75) is 13.8 Å². The molecule has 1 aromatic heterocycles. The van der Waals surface area contributed by atoms with Crippen molar-refractivity contribution in [1.82, 2.24) is 9.47 Å². The number of amides is 2. The van der Waals surface area contributed by atoms with Crippen molar-refractivity contribution in [3.05, 3.63) is 83.2 Å². The summed E-state index contributed by atoms with van der Waals surface area (Å²) in [6.45, 7) is 3.50. The van der Waals surface area contributed by atoms with E-state index < -0.39 is 5.82 Å². The lowest BCUT2D eigenvalue weighted by Crippen LogP contribution is -2.35. The van der Waals surface area contributed by atoms with Crippen LogP contribution in [0.2, 0.25) is 0 Å². The first-order valence-electron chi connectivity index (χ1n) is 9.02. The average molecular weight is 397 g/mol. The molecule has 29 heavy (non-hydrogen) atoms. The largest absolute Gasteiger partial charge is 0.332 e. The van der Waals surface area contributed by atoms with Gasteiger partial charge in [0.2, 0.25) is 5.91 Å². The third-order valence-electron chi connectivity index (χ3n) is 4.60. The van der Waals surface area contributed by atoms with Crippen LogP contribution >= 0.6 is 0 Å². The number of anilines is 1. The van der Waals surface area contributed by atoms with Crippen LogP contribution in [0.1, 0.15) is 21.7 Å². The van der Waals surface area contributed by atoms with E-state index in [4.69, 9.17) is 0 Å². The number of nitrogens with zero attached hydrogens (tertiary/aromatic N) is 2. The number of rotatable bonds is 5. The highest BCUT2D eigenvalue weighted by Gasteiger charge is 2.21. The highest BCUT2D eigenvalue weighted by atomic mass is 19.1. The second kappa shape index (κ2) is 8.26. The van der Waals surface area contributed by atoms with Crippen LogP contribution in [0.4, 0.5) is 14.5 Å². The number of likely N-dealkylation sites (N-methyl/N-ethyl adjacent to an activating group) is 1. The Morgan fingerprint density at radius 3 is 2.10 bits per heavy atom. The predicted molar refractivity (Wildman–Crippen MR) is 107 cm³/mol. The molecule has 0 radical (unpaired) electrons. The molecule has 0 saturated heterocycles. The zero-order chi connectivity index (χ0) is 21.1. The molecule has 0 atom stereocenters. The van der Waals surface area contributed by atoms with E-state index in [1.807, 2.05) is 11.5 Å². The zero-order valence-electron chi connectivity index (χ0n) is 16.4. The molecule has 5 nitrogen and oxygen atoms in total. The molecule has 0 fully saturated rings. The molecule has 0 bridgehead atoms. The molecule has 0 aliphatic carbocycles. The van der Waals surface area contributed by atoms with Gasteiger partial charge in [0.25, 0.3) is 5.91 Å². The molecule has 3 rings (SSSR count). The fraction of sp³-hybridized carbons (Fsp3) is 0.182. The summed E-state index contributed by atoms with van der Waals surface area (Å²) in [5.74, 6) is -1.42. The summed E-state index contributed by atoms with van der Waals surface area (Å²) in [6.07, 6.45) is 0. The SMILES string of the molecule is Cc1cc(C(=O)N(C)CC(=O)Nc2ccc(F)cc2)c(C)n1-c1ccc(F)cc1. The van der Waals surface area contributed by atoms with Gasteiger partial charge in [-0.1, -0.05) is 0 Å². The van der Waals surface area contributed by atoms with E-state index in [1.165, 1.54) is 48.3 Å². The first-order chi connectivity index (χ1) is 13.8. The van der Waals surface area contributed by atoms with Crippen LogP contribution in [0, 0.1) is 25.5 Å². The van der Waals surface area contributed by atoms with Gasteiger partial charge in [-0.25, -0.2) is 8.78 Å². The number of benzene rings is 2. The molecule has 7 heteroatoms. The predicted octanol–water partition coefficient (Wildman–Crippen LogP) is 4.08. The molecule has 2 aromatic carbocycles. The molecule has 0 spiro atoms. The Hall–Kier alpha value is -3.48. The van der Waals surface area contributed by atoms with Gasteiger partial charge in [-0.15, -0.1) is 0 Å². The minimum Gasteiger partial charge on any atom is -0.332 e. The lowest BCUT2D eigenvalue weighted by Gasteiger charge is -2.17. The van der Waals surface area contributed by atoms with Gasteiger partial charge in [0.15, 0.2) is 0 Å². The van der Waals surface area contributed by atoms with E-state index in [0.29, 0.717) is 16.9 Å². The summed E-state index contributed by atoms with van der Waals surface area (Å²) < 4.78 is 28.0. The molecule has 0 aliphatic rings. The summed E-state index contributed by atoms with van der Waals surface area (Å²) in [4.78, 5) is 26.4. The van der Waals surface area contributed by atoms with Gasteiger partial charge in [-0.3, -0.25) is 9.59 Å². The molecule has 0 aliphatic heterocycles. The number of carbonyl (C=O) groups is 2. The number of aryl methyl sites for hydroxylation is 1. The maximum atomic E-state index is 13.2. The molecule has 0 saturated carbocycles. The first kappa shape index (κ1) is 20.3. The molecule has 2 amide bonds. The van der Waals surface area contributed by atoms with Gasteiger partial charge < -0.3 is 14.8 Å². The number of aromatic nitrogens is 1. The second-order valence-electron chi connectivity index (χ2n) is 6.81. The smallest absolute Gasteiger partial charge is 0.255 e. The van der Waals surface area contributed by atoms with Crippen LogP contribution in [0.25, 0.3) is 5.69 Å². The van der Waals surface area contributed by atoms with E-state index in [2.05, 4.69) is 5.32 Å². The maximum absolute atomic E-state index is 13.2. The summed E-state index contributed by atoms with van der Waals surface area (Å²) >= 11 is 0. The van der Waals surface area contributed by atoms with Crippen molar-refractivity contribution in [1.29, 1.82) is 0 Å². The Morgan fingerprint density at radius 2 is 1.52 bits per heavy atom. The first-order valence-corrected chi connectivity index (χ1v) is 9.02. The van der Waals surface area contributed by atoms with E-state index in [1.54, 1.807) is 25.1 Å². The van der Waals surface area contributed by atoms with Crippen LogP contribution in [0.15, 0.2) is 54.6 Å². The summed E-state index contributed by atoms with van der Waals surface area (Å²) in [5, 5.41) is 2.63. The number of hydrogen-bond acceptors (Lipinski definition) is 2. The van der Waals surface area contributed by atoms with Gasteiger partial charge in [0, 0.05) is 29.8 Å². The quantitative estimate of drug-likeness (QED) is 0.705. The molecule has 1 N–H and O–H groups in total. The van der Waals surface area contributed by atoms with Crippen molar-refractivity contribution in [3.8, 4) is 5.69 Å². The van der Waals surface area contributed by atoms with Crippen LogP contribution in [0.5, 0.6) is 0 Å². The molecule has 0 unspecified atom stereocenters. The number of hydrogen-bond donors (Lipinski definition) is 1. The highest BCUT2D eigenvalue weighted by Crippen LogP contribution is 2.22. The van der Waals surface area contributed by atoms with Crippen molar-refractivity contribution >= 4 is 17.5 Å². The van der Waals surface area contributed by atoms with Crippen molar-refractivity contribution in [2.24, 2.45) is 0 Å². The van der Waals surface area contributed by atoms with E-state index >= 15 is 0 Å². The number of nitrogens with one attached hydrogen (secondary N) is 1. The van der Waals surface area contributed by atoms with Gasteiger partial charge in [-0.2, -0.15) is 0 Å². The monoisotopic (exact) mass is 397 g/mol. The van der Waals surface area contributed by atoms with Gasteiger partial charge >= 0.3 is 0 Å². The summed E-state index contributed by atoms with van der Waals surface area (Å²) in [7, 11) is 1.54. The molecule has 1 heterocycles. The van der Waals surface area contributed by atoms with Crippen LogP contribution in [-0.2, 0) is 4.79 Å².